The van der Waals surface area contributed by atoms with E-state index in [-0.39, 0.29) is 0 Å². The Hall–Kier alpha value is -2.32. The molecule has 0 N–H and O–H groups in total. The third-order valence-corrected chi connectivity index (χ3v) is 3.95. The summed E-state index contributed by atoms with van der Waals surface area (Å²) in [6.07, 6.45) is 5.96. The Kier molecular flexibility index (Phi) is 4.12. The molecule has 0 bridgehead atoms. The van der Waals surface area contributed by atoms with Crippen LogP contribution in [-0.2, 0) is 0 Å². The van der Waals surface area contributed by atoms with Crippen LogP contribution in [-0.4, -0.2) is 19.1 Å². The SMILES string of the molecule is CN(C)c1ccc(C=Cc2ccnc3ccccc23)c(Cl)c1. The van der Waals surface area contributed by atoms with Crippen molar-refractivity contribution >= 4 is 40.3 Å². The normalized spacial score (nSPS) is 11.2. The second-order valence-electron chi connectivity index (χ2n) is 5.35. The summed E-state index contributed by atoms with van der Waals surface area (Å²) in [7, 11) is 4.01. The van der Waals surface area contributed by atoms with Gasteiger partial charge in [-0.15, -0.1) is 0 Å². The van der Waals surface area contributed by atoms with E-state index in [2.05, 4.69) is 23.2 Å². The zero-order valence-electron chi connectivity index (χ0n) is 12.6. The van der Waals surface area contributed by atoms with Gasteiger partial charge in [-0.05, 0) is 35.4 Å². The maximum Gasteiger partial charge on any atom is 0.0707 e. The molecule has 3 aromatic rings. The van der Waals surface area contributed by atoms with E-state index in [0.717, 1.165) is 32.7 Å². The van der Waals surface area contributed by atoms with Crippen LogP contribution < -0.4 is 4.90 Å². The number of fused-ring (bicyclic) bond motifs is 1. The van der Waals surface area contributed by atoms with Crippen molar-refractivity contribution in [3.8, 4) is 0 Å². The molecule has 3 rings (SSSR count). The maximum atomic E-state index is 6.37. The van der Waals surface area contributed by atoms with Gasteiger partial charge in [-0.3, -0.25) is 4.98 Å². The molecule has 2 nitrogen and oxygen atoms in total. The van der Waals surface area contributed by atoms with Crippen molar-refractivity contribution in [2.45, 2.75) is 0 Å². The number of hydrogen-bond donors (Lipinski definition) is 0. The Balaban J connectivity index is 1.96. The number of para-hydroxylation sites is 1. The quantitative estimate of drug-likeness (QED) is 0.667. The molecule has 1 aromatic heterocycles. The first kappa shape index (κ1) is 14.6. The first-order valence-electron chi connectivity index (χ1n) is 7.14. The lowest BCUT2D eigenvalue weighted by molar-refractivity contribution is 1.13. The highest BCUT2D eigenvalue weighted by molar-refractivity contribution is 6.32. The monoisotopic (exact) mass is 308 g/mol. The summed E-state index contributed by atoms with van der Waals surface area (Å²) in [5.41, 5.74) is 4.24. The molecule has 0 unspecified atom stereocenters. The van der Waals surface area contributed by atoms with Gasteiger partial charge in [0.2, 0.25) is 0 Å². The average molecular weight is 309 g/mol. The fraction of sp³-hybridized carbons (Fsp3) is 0.105. The molecule has 0 spiro atoms. The summed E-state index contributed by atoms with van der Waals surface area (Å²) in [5, 5.41) is 1.89. The van der Waals surface area contributed by atoms with Gasteiger partial charge in [0.25, 0.3) is 0 Å². The van der Waals surface area contributed by atoms with E-state index in [1.807, 2.05) is 67.7 Å². The molecule has 0 atom stereocenters. The Morgan fingerprint density at radius 2 is 1.73 bits per heavy atom. The number of halogens is 1. The fourth-order valence-electron chi connectivity index (χ4n) is 2.37. The van der Waals surface area contributed by atoms with E-state index in [1.165, 1.54) is 0 Å². The van der Waals surface area contributed by atoms with Crippen molar-refractivity contribution in [3.05, 3.63) is 70.9 Å². The third kappa shape index (κ3) is 2.97. The molecule has 110 valence electrons. The number of rotatable bonds is 3. The number of pyridine rings is 1. The van der Waals surface area contributed by atoms with E-state index < -0.39 is 0 Å². The van der Waals surface area contributed by atoms with Crippen LogP contribution in [0.1, 0.15) is 11.1 Å². The van der Waals surface area contributed by atoms with Gasteiger partial charge < -0.3 is 4.90 Å². The zero-order valence-corrected chi connectivity index (χ0v) is 13.4. The van der Waals surface area contributed by atoms with Crippen molar-refractivity contribution in [2.24, 2.45) is 0 Å². The van der Waals surface area contributed by atoms with Crippen LogP contribution in [0.2, 0.25) is 5.02 Å². The van der Waals surface area contributed by atoms with Gasteiger partial charge in [0, 0.05) is 36.4 Å². The largest absolute Gasteiger partial charge is 0.378 e. The summed E-state index contributed by atoms with van der Waals surface area (Å²) in [6.45, 7) is 0. The second-order valence-corrected chi connectivity index (χ2v) is 5.76. The lowest BCUT2D eigenvalue weighted by atomic mass is 10.1. The van der Waals surface area contributed by atoms with Gasteiger partial charge in [0.15, 0.2) is 0 Å². The highest BCUT2D eigenvalue weighted by atomic mass is 35.5. The molecule has 0 aliphatic rings. The van der Waals surface area contributed by atoms with E-state index >= 15 is 0 Å². The average Bonchev–Trinajstić information content (AvgIpc) is 2.53. The van der Waals surface area contributed by atoms with Gasteiger partial charge in [-0.1, -0.05) is 48.0 Å². The number of hydrogen-bond acceptors (Lipinski definition) is 2. The Morgan fingerprint density at radius 3 is 2.50 bits per heavy atom. The minimum atomic E-state index is 0.751. The summed E-state index contributed by atoms with van der Waals surface area (Å²) in [4.78, 5) is 6.42. The van der Waals surface area contributed by atoms with Crippen LogP contribution >= 0.6 is 11.6 Å². The van der Waals surface area contributed by atoms with Crippen molar-refractivity contribution in [1.29, 1.82) is 0 Å². The number of aromatic nitrogens is 1. The fourth-order valence-corrected chi connectivity index (χ4v) is 2.61. The van der Waals surface area contributed by atoms with Crippen molar-refractivity contribution < 1.29 is 0 Å². The number of benzene rings is 2. The topological polar surface area (TPSA) is 16.1 Å². The minimum Gasteiger partial charge on any atom is -0.378 e. The molecule has 0 amide bonds. The van der Waals surface area contributed by atoms with Crippen LogP contribution in [0, 0.1) is 0 Å². The first-order valence-corrected chi connectivity index (χ1v) is 7.51. The van der Waals surface area contributed by atoms with E-state index in [1.54, 1.807) is 0 Å². The van der Waals surface area contributed by atoms with Gasteiger partial charge in [-0.25, -0.2) is 0 Å². The molecule has 0 aliphatic heterocycles. The predicted octanol–water partition coefficient (Wildman–Crippen LogP) is 5.12. The number of nitrogens with zero attached hydrogens (tertiary/aromatic N) is 2. The molecule has 0 saturated heterocycles. The summed E-state index contributed by atoms with van der Waals surface area (Å²) in [5.74, 6) is 0. The van der Waals surface area contributed by atoms with Crippen molar-refractivity contribution in [2.75, 3.05) is 19.0 Å². The third-order valence-electron chi connectivity index (χ3n) is 3.63. The van der Waals surface area contributed by atoms with Gasteiger partial charge in [-0.2, -0.15) is 0 Å². The summed E-state index contributed by atoms with van der Waals surface area (Å²) >= 11 is 6.37. The van der Waals surface area contributed by atoms with Gasteiger partial charge in [0.05, 0.1) is 5.52 Å². The highest BCUT2D eigenvalue weighted by Gasteiger charge is 2.02. The second kappa shape index (κ2) is 6.20. The summed E-state index contributed by atoms with van der Waals surface area (Å²) < 4.78 is 0. The molecule has 2 aromatic carbocycles. The van der Waals surface area contributed by atoms with Crippen molar-refractivity contribution in [3.63, 3.8) is 0 Å². The highest BCUT2D eigenvalue weighted by Crippen LogP contribution is 2.25. The van der Waals surface area contributed by atoms with E-state index in [4.69, 9.17) is 11.6 Å². The first-order chi connectivity index (χ1) is 10.6. The van der Waals surface area contributed by atoms with Crippen molar-refractivity contribution in [1.82, 2.24) is 4.98 Å². The van der Waals surface area contributed by atoms with Crippen LogP contribution in [0.5, 0.6) is 0 Å². The smallest absolute Gasteiger partial charge is 0.0707 e. The maximum absolute atomic E-state index is 6.37. The molecule has 1 heterocycles. The lowest BCUT2D eigenvalue weighted by Crippen LogP contribution is -2.08. The molecule has 3 heteroatoms. The van der Waals surface area contributed by atoms with E-state index in [0.29, 0.717) is 0 Å². The van der Waals surface area contributed by atoms with Crippen LogP contribution in [0.25, 0.3) is 23.1 Å². The van der Waals surface area contributed by atoms with Gasteiger partial charge >= 0.3 is 0 Å². The summed E-state index contributed by atoms with van der Waals surface area (Å²) in [6, 6.07) is 16.2. The Bertz CT molecular complexity index is 832. The molecule has 0 fully saturated rings. The van der Waals surface area contributed by atoms with Gasteiger partial charge in [0.1, 0.15) is 0 Å². The molecule has 22 heavy (non-hydrogen) atoms. The van der Waals surface area contributed by atoms with E-state index in [9.17, 15) is 0 Å². The van der Waals surface area contributed by atoms with Crippen LogP contribution in [0.15, 0.2) is 54.7 Å². The molecule has 0 radical (unpaired) electrons. The predicted molar refractivity (Wildman–Crippen MR) is 96.5 cm³/mol. The molecular formula is C19H17ClN2. The molecule has 0 aliphatic carbocycles. The Labute approximate surface area is 135 Å². The molecular weight excluding hydrogens is 292 g/mol. The zero-order chi connectivity index (χ0) is 15.5. The van der Waals surface area contributed by atoms with Crippen LogP contribution in [0.4, 0.5) is 5.69 Å². The number of anilines is 1. The molecule has 0 saturated carbocycles. The minimum absolute atomic E-state index is 0.751. The van der Waals surface area contributed by atoms with Crippen LogP contribution in [0.3, 0.4) is 0 Å². The lowest BCUT2D eigenvalue weighted by Gasteiger charge is -2.13. The Morgan fingerprint density at radius 1 is 0.955 bits per heavy atom. The standard InChI is InChI=1S/C19H17ClN2/c1-22(2)16-10-9-15(18(20)13-16)8-7-14-11-12-21-19-6-4-3-5-17(14)19/h3-13H,1-2H3.